The molecule has 0 spiro atoms. The van der Waals surface area contributed by atoms with Gasteiger partial charge < -0.3 is 18.9 Å². The molecular weight excluding hydrogens is 466 g/mol. The third-order valence-electron chi connectivity index (χ3n) is 5.21. The van der Waals surface area contributed by atoms with E-state index in [1.54, 1.807) is 72.7 Å². The van der Waals surface area contributed by atoms with Crippen molar-refractivity contribution in [1.82, 2.24) is 4.90 Å². The van der Waals surface area contributed by atoms with Crippen molar-refractivity contribution in [2.45, 2.75) is 110 Å². The van der Waals surface area contributed by atoms with Gasteiger partial charge in [0.05, 0.1) is 5.56 Å². The number of hydrogen-bond acceptors (Lipinski definition) is 8. The average Bonchev–Trinajstić information content (AvgIpc) is 2.73. The number of carbonyl (C=O) groups is 4. The molecule has 9 heteroatoms. The predicted molar refractivity (Wildman–Crippen MR) is 132 cm³/mol. The summed E-state index contributed by atoms with van der Waals surface area (Å²) >= 11 is 0. The molecule has 0 N–H and O–H groups in total. The van der Waals surface area contributed by atoms with Crippen LogP contribution in [0.3, 0.4) is 0 Å². The summed E-state index contributed by atoms with van der Waals surface area (Å²) in [6, 6.07) is 7.48. The Morgan fingerprint density at radius 3 is 1.94 bits per heavy atom. The van der Waals surface area contributed by atoms with E-state index >= 15 is 0 Å². The second kappa shape index (κ2) is 12.2. The van der Waals surface area contributed by atoms with Gasteiger partial charge in [0.25, 0.3) is 0 Å². The number of imide groups is 1. The number of ether oxygens (including phenoxy) is 4. The smallest absolute Gasteiger partial charge is 0.420 e. The van der Waals surface area contributed by atoms with E-state index in [-0.39, 0.29) is 12.8 Å². The lowest BCUT2D eigenvalue weighted by molar-refractivity contribution is -0.156. The molecule has 3 atom stereocenters. The molecule has 2 amide bonds. The first-order chi connectivity index (χ1) is 16.7. The van der Waals surface area contributed by atoms with Crippen LogP contribution in [0.4, 0.5) is 9.59 Å². The molecule has 1 aromatic carbocycles. The number of hydrogen-bond donors (Lipinski definition) is 0. The summed E-state index contributed by atoms with van der Waals surface area (Å²) < 4.78 is 22.1. The molecule has 36 heavy (non-hydrogen) atoms. The lowest BCUT2D eigenvalue weighted by atomic mass is 10.0. The lowest BCUT2D eigenvalue weighted by Crippen LogP contribution is -2.53. The van der Waals surface area contributed by atoms with Crippen LogP contribution in [0.2, 0.25) is 0 Å². The van der Waals surface area contributed by atoms with Gasteiger partial charge in [-0.15, -0.1) is 0 Å². The zero-order valence-corrected chi connectivity index (χ0v) is 22.4. The molecule has 0 bridgehead atoms. The molecule has 1 aliphatic rings. The Kier molecular flexibility index (Phi) is 9.90. The first-order valence-electron chi connectivity index (χ1n) is 12.4. The molecule has 0 radical (unpaired) electrons. The van der Waals surface area contributed by atoms with E-state index in [4.69, 9.17) is 18.9 Å². The predicted octanol–water partition coefficient (Wildman–Crippen LogP) is 5.65. The number of carbonyl (C=O) groups excluding carboxylic acids is 4. The maximum Gasteiger partial charge on any atom is 0.420 e. The van der Waals surface area contributed by atoms with Crippen molar-refractivity contribution in [3.63, 3.8) is 0 Å². The zero-order valence-electron chi connectivity index (χ0n) is 22.4. The average molecular weight is 506 g/mol. The highest BCUT2D eigenvalue weighted by Crippen LogP contribution is 2.24. The van der Waals surface area contributed by atoms with E-state index in [0.29, 0.717) is 24.8 Å². The molecular formula is C27H39NO8. The van der Waals surface area contributed by atoms with Gasteiger partial charge in [0.15, 0.2) is 0 Å². The first-order valence-corrected chi connectivity index (χ1v) is 12.4. The van der Waals surface area contributed by atoms with Crippen molar-refractivity contribution in [3.8, 4) is 0 Å². The third kappa shape index (κ3) is 9.51. The second-order valence-corrected chi connectivity index (χ2v) is 11.0. The SMILES string of the molecule is CC1CC(OC(=O)c2ccccc2)CCCC[C@H](N(C(=O)OC(C)(C)C)C(=O)OC(C)(C)C)C(=O)O1. The Morgan fingerprint density at radius 1 is 0.889 bits per heavy atom. The minimum absolute atomic E-state index is 0.156. The Labute approximate surface area is 213 Å². The van der Waals surface area contributed by atoms with Gasteiger partial charge in [-0.1, -0.05) is 24.6 Å². The van der Waals surface area contributed by atoms with Gasteiger partial charge in [-0.25, -0.2) is 19.2 Å². The monoisotopic (exact) mass is 505 g/mol. The van der Waals surface area contributed by atoms with Crippen LogP contribution in [0.15, 0.2) is 30.3 Å². The summed E-state index contributed by atoms with van der Waals surface area (Å²) in [6.07, 6.45) is -0.924. The third-order valence-corrected chi connectivity index (χ3v) is 5.21. The molecule has 9 nitrogen and oxygen atoms in total. The molecule has 1 aromatic rings. The summed E-state index contributed by atoms with van der Waals surface area (Å²) in [4.78, 5) is 52.4. The minimum atomic E-state index is -1.21. The Balaban J connectivity index is 2.19. The van der Waals surface area contributed by atoms with E-state index in [9.17, 15) is 19.2 Å². The Morgan fingerprint density at radius 2 is 1.42 bits per heavy atom. The number of rotatable bonds is 3. The molecule has 1 fully saturated rings. The van der Waals surface area contributed by atoms with Crippen LogP contribution in [0.1, 0.15) is 90.9 Å². The molecule has 0 saturated carbocycles. The summed E-state index contributed by atoms with van der Waals surface area (Å²) in [7, 11) is 0. The fraction of sp³-hybridized carbons (Fsp3) is 0.630. The van der Waals surface area contributed by atoms with Crippen LogP contribution in [0.25, 0.3) is 0 Å². The number of nitrogens with zero attached hydrogens (tertiary/aromatic N) is 1. The summed E-state index contributed by atoms with van der Waals surface area (Å²) in [6.45, 7) is 11.7. The van der Waals surface area contributed by atoms with Crippen molar-refractivity contribution in [2.24, 2.45) is 0 Å². The van der Waals surface area contributed by atoms with E-state index in [2.05, 4.69) is 0 Å². The highest BCUT2D eigenvalue weighted by molar-refractivity contribution is 5.94. The van der Waals surface area contributed by atoms with Crippen LogP contribution >= 0.6 is 0 Å². The number of cyclic esters (lactones) is 1. The van der Waals surface area contributed by atoms with Crippen molar-refractivity contribution >= 4 is 24.1 Å². The Hall–Kier alpha value is -3.10. The summed E-state index contributed by atoms with van der Waals surface area (Å²) in [5.41, 5.74) is -1.33. The maximum absolute atomic E-state index is 13.2. The highest BCUT2D eigenvalue weighted by atomic mass is 16.6. The maximum atomic E-state index is 13.2. The summed E-state index contributed by atoms with van der Waals surface area (Å²) in [5.74, 6) is -1.18. The van der Waals surface area contributed by atoms with Gasteiger partial charge in [0.2, 0.25) is 0 Å². The first kappa shape index (κ1) is 29.1. The van der Waals surface area contributed by atoms with Gasteiger partial charge in [0, 0.05) is 6.42 Å². The van der Waals surface area contributed by atoms with Crippen LogP contribution in [0.5, 0.6) is 0 Å². The normalized spacial score (nSPS) is 21.5. The molecule has 1 saturated heterocycles. The standard InChI is InChI=1S/C27H39NO8/c1-18-17-20(34-22(29)19-13-9-8-10-14-19)15-11-12-16-21(23(30)33-18)28(24(31)35-26(2,3)4)25(32)36-27(5,6)7/h8-10,13-14,18,20-21H,11-12,15-17H2,1-7H3/t18?,20?,21-/m0/s1. The largest absolute Gasteiger partial charge is 0.461 e. The van der Waals surface area contributed by atoms with Crippen LogP contribution in [0, 0.1) is 0 Å². The molecule has 2 rings (SSSR count). The second-order valence-electron chi connectivity index (χ2n) is 11.0. The topological polar surface area (TPSA) is 108 Å². The fourth-order valence-electron chi connectivity index (χ4n) is 3.73. The number of amides is 2. The van der Waals surface area contributed by atoms with E-state index in [1.165, 1.54) is 0 Å². The number of benzene rings is 1. The quantitative estimate of drug-likeness (QED) is 0.383. The number of esters is 2. The van der Waals surface area contributed by atoms with Gasteiger partial charge in [0.1, 0.15) is 29.5 Å². The van der Waals surface area contributed by atoms with Crippen molar-refractivity contribution in [2.75, 3.05) is 0 Å². The molecule has 1 heterocycles. The molecule has 0 aromatic heterocycles. The highest BCUT2D eigenvalue weighted by Gasteiger charge is 2.41. The minimum Gasteiger partial charge on any atom is -0.461 e. The molecule has 0 aliphatic carbocycles. The summed E-state index contributed by atoms with van der Waals surface area (Å²) in [5, 5.41) is 0. The van der Waals surface area contributed by atoms with E-state index < -0.39 is 53.6 Å². The van der Waals surface area contributed by atoms with Crippen molar-refractivity contribution in [3.05, 3.63) is 35.9 Å². The van der Waals surface area contributed by atoms with Gasteiger partial charge in [-0.05, 0) is 79.9 Å². The molecule has 1 aliphatic heterocycles. The van der Waals surface area contributed by atoms with Crippen LogP contribution in [-0.2, 0) is 23.7 Å². The van der Waals surface area contributed by atoms with Crippen LogP contribution in [-0.4, -0.2) is 58.5 Å². The van der Waals surface area contributed by atoms with E-state index in [1.807, 2.05) is 6.07 Å². The lowest BCUT2D eigenvalue weighted by Gasteiger charge is -2.33. The van der Waals surface area contributed by atoms with E-state index in [0.717, 1.165) is 4.90 Å². The van der Waals surface area contributed by atoms with Crippen molar-refractivity contribution < 1.29 is 38.1 Å². The van der Waals surface area contributed by atoms with Gasteiger partial charge in [-0.2, -0.15) is 4.90 Å². The Bertz CT molecular complexity index is 888. The van der Waals surface area contributed by atoms with Crippen molar-refractivity contribution in [1.29, 1.82) is 0 Å². The van der Waals surface area contributed by atoms with Gasteiger partial charge in [-0.3, -0.25) is 0 Å². The van der Waals surface area contributed by atoms with Crippen LogP contribution < -0.4 is 0 Å². The fourth-order valence-corrected chi connectivity index (χ4v) is 3.73. The molecule has 200 valence electrons. The molecule has 2 unspecified atom stereocenters. The zero-order chi connectivity index (χ0) is 27.1. The van der Waals surface area contributed by atoms with Gasteiger partial charge >= 0.3 is 24.1 Å².